The van der Waals surface area contributed by atoms with Gasteiger partial charge in [-0.2, -0.15) is 0 Å². The van der Waals surface area contributed by atoms with Crippen LogP contribution in [0.1, 0.15) is 21.7 Å². The Morgan fingerprint density at radius 1 is 1.43 bits per heavy atom. The zero-order valence-electron chi connectivity index (χ0n) is 12.3. The number of amides is 2. The Kier molecular flexibility index (Phi) is 4.42. The van der Waals surface area contributed by atoms with Crippen molar-refractivity contribution in [3.63, 3.8) is 0 Å². The lowest BCUT2D eigenvalue weighted by Crippen LogP contribution is -2.30. The standard InChI is InChI=1S/C14H18N4O2S/c1-8-4-6-17-14-10(8)11(15)12(21-14)13(20)16-7-5-9(19)18(2)3/h4,6H,5,7,15H2,1-3H3,(H,16,20). The number of carbonyl (C=O) groups is 2. The smallest absolute Gasteiger partial charge is 0.263 e. The molecule has 0 saturated heterocycles. The lowest BCUT2D eigenvalue weighted by Gasteiger charge is -2.10. The second-order valence-electron chi connectivity index (χ2n) is 4.95. The molecule has 3 N–H and O–H groups in total. The molecule has 0 aromatic carbocycles. The van der Waals surface area contributed by atoms with Crippen LogP contribution in [0.4, 0.5) is 5.69 Å². The SMILES string of the molecule is Cc1ccnc2sc(C(=O)NCCC(=O)N(C)C)c(N)c12. The van der Waals surface area contributed by atoms with Crippen molar-refractivity contribution < 1.29 is 9.59 Å². The molecule has 2 aromatic rings. The minimum absolute atomic E-state index is 0.0304. The summed E-state index contributed by atoms with van der Waals surface area (Å²) < 4.78 is 0. The monoisotopic (exact) mass is 306 g/mol. The number of hydrogen-bond acceptors (Lipinski definition) is 5. The van der Waals surface area contributed by atoms with Crippen molar-refractivity contribution in [3.05, 3.63) is 22.7 Å². The van der Waals surface area contributed by atoms with E-state index in [-0.39, 0.29) is 24.8 Å². The Labute approximate surface area is 127 Å². The molecule has 0 unspecified atom stereocenters. The second kappa shape index (κ2) is 6.09. The van der Waals surface area contributed by atoms with Gasteiger partial charge in [0.05, 0.1) is 5.69 Å². The Balaban J connectivity index is 2.12. The van der Waals surface area contributed by atoms with E-state index >= 15 is 0 Å². The van der Waals surface area contributed by atoms with Gasteiger partial charge in [0.2, 0.25) is 5.91 Å². The summed E-state index contributed by atoms with van der Waals surface area (Å²) in [4.78, 5) is 30.5. The van der Waals surface area contributed by atoms with Crippen LogP contribution in [0.25, 0.3) is 10.2 Å². The second-order valence-corrected chi connectivity index (χ2v) is 5.95. The highest BCUT2D eigenvalue weighted by Gasteiger charge is 2.18. The van der Waals surface area contributed by atoms with Crippen LogP contribution < -0.4 is 11.1 Å². The summed E-state index contributed by atoms with van der Waals surface area (Å²) in [5, 5.41) is 3.55. The Bertz CT molecular complexity index is 694. The first-order valence-corrected chi connectivity index (χ1v) is 7.35. The van der Waals surface area contributed by atoms with Crippen molar-refractivity contribution in [2.24, 2.45) is 0 Å². The fourth-order valence-electron chi connectivity index (χ4n) is 1.96. The third-order valence-electron chi connectivity index (χ3n) is 3.17. The van der Waals surface area contributed by atoms with Crippen LogP contribution in [0.15, 0.2) is 12.3 Å². The number of anilines is 1. The molecule has 21 heavy (non-hydrogen) atoms. The molecule has 2 aromatic heterocycles. The van der Waals surface area contributed by atoms with Gasteiger partial charge in [-0.25, -0.2) is 4.98 Å². The summed E-state index contributed by atoms with van der Waals surface area (Å²) in [6.45, 7) is 2.22. The molecule has 0 aliphatic heterocycles. The molecule has 0 spiro atoms. The van der Waals surface area contributed by atoms with E-state index in [1.807, 2.05) is 13.0 Å². The molecule has 2 amide bonds. The van der Waals surface area contributed by atoms with Crippen molar-refractivity contribution in [2.45, 2.75) is 13.3 Å². The highest BCUT2D eigenvalue weighted by Crippen LogP contribution is 2.34. The third kappa shape index (κ3) is 3.13. The maximum atomic E-state index is 12.2. The van der Waals surface area contributed by atoms with Crippen molar-refractivity contribution in [1.29, 1.82) is 0 Å². The van der Waals surface area contributed by atoms with Gasteiger partial charge in [-0.3, -0.25) is 9.59 Å². The van der Waals surface area contributed by atoms with Crippen LogP contribution in [0.5, 0.6) is 0 Å². The zero-order chi connectivity index (χ0) is 15.6. The Hall–Kier alpha value is -2.15. The minimum atomic E-state index is -0.263. The molecule has 0 fully saturated rings. The number of pyridine rings is 1. The van der Waals surface area contributed by atoms with Crippen molar-refractivity contribution in [1.82, 2.24) is 15.2 Å². The number of carbonyl (C=O) groups excluding carboxylic acids is 2. The molecule has 2 heterocycles. The van der Waals surface area contributed by atoms with Gasteiger partial charge in [0.25, 0.3) is 5.91 Å². The van der Waals surface area contributed by atoms with Crippen LogP contribution in [-0.2, 0) is 4.79 Å². The number of thiophene rings is 1. The van der Waals surface area contributed by atoms with Gasteiger partial charge >= 0.3 is 0 Å². The van der Waals surface area contributed by atoms with E-state index in [9.17, 15) is 9.59 Å². The Morgan fingerprint density at radius 2 is 2.14 bits per heavy atom. The van der Waals surface area contributed by atoms with E-state index < -0.39 is 0 Å². The fourth-order valence-corrected chi connectivity index (χ4v) is 3.02. The summed E-state index contributed by atoms with van der Waals surface area (Å²) in [7, 11) is 3.37. The first kappa shape index (κ1) is 15.2. The quantitative estimate of drug-likeness (QED) is 0.893. The molecule has 6 nitrogen and oxygen atoms in total. The molecular weight excluding hydrogens is 288 g/mol. The van der Waals surface area contributed by atoms with E-state index in [2.05, 4.69) is 10.3 Å². The van der Waals surface area contributed by atoms with Gasteiger partial charge < -0.3 is 16.0 Å². The van der Waals surface area contributed by atoms with E-state index in [0.717, 1.165) is 15.8 Å². The Morgan fingerprint density at radius 3 is 2.76 bits per heavy atom. The van der Waals surface area contributed by atoms with Crippen molar-refractivity contribution in [2.75, 3.05) is 26.4 Å². The molecule has 0 atom stereocenters. The average molecular weight is 306 g/mol. The van der Waals surface area contributed by atoms with Crippen LogP contribution in [0, 0.1) is 6.92 Å². The molecular formula is C14H18N4O2S. The highest BCUT2D eigenvalue weighted by molar-refractivity contribution is 7.21. The minimum Gasteiger partial charge on any atom is -0.397 e. The number of nitrogen functional groups attached to an aromatic ring is 1. The first-order valence-electron chi connectivity index (χ1n) is 6.53. The topological polar surface area (TPSA) is 88.3 Å². The van der Waals surface area contributed by atoms with Crippen molar-refractivity contribution in [3.8, 4) is 0 Å². The first-order chi connectivity index (χ1) is 9.91. The lowest BCUT2D eigenvalue weighted by atomic mass is 10.2. The average Bonchev–Trinajstić information content (AvgIpc) is 2.77. The number of rotatable bonds is 4. The molecule has 0 aliphatic rings. The van der Waals surface area contributed by atoms with Gasteiger partial charge in [0.15, 0.2) is 0 Å². The largest absolute Gasteiger partial charge is 0.397 e. The number of nitrogens with zero attached hydrogens (tertiary/aromatic N) is 2. The molecule has 0 aliphatic carbocycles. The van der Waals surface area contributed by atoms with Crippen LogP contribution in [0.2, 0.25) is 0 Å². The summed E-state index contributed by atoms with van der Waals surface area (Å²) in [5.41, 5.74) is 7.51. The number of fused-ring (bicyclic) bond motifs is 1. The van der Waals surface area contributed by atoms with Gasteiger partial charge in [0.1, 0.15) is 9.71 Å². The van der Waals surface area contributed by atoms with Gasteiger partial charge in [-0.1, -0.05) is 0 Å². The molecule has 0 radical (unpaired) electrons. The van der Waals surface area contributed by atoms with Crippen LogP contribution in [-0.4, -0.2) is 42.3 Å². The maximum absolute atomic E-state index is 12.2. The lowest BCUT2D eigenvalue weighted by molar-refractivity contribution is -0.128. The third-order valence-corrected chi connectivity index (χ3v) is 4.28. The van der Waals surface area contributed by atoms with Gasteiger partial charge in [-0.15, -0.1) is 11.3 Å². The molecule has 7 heteroatoms. The predicted molar refractivity (Wildman–Crippen MR) is 84.4 cm³/mol. The van der Waals surface area contributed by atoms with E-state index in [1.165, 1.54) is 16.2 Å². The van der Waals surface area contributed by atoms with Gasteiger partial charge in [0, 0.05) is 38.6 Å². The van der Waals surface area contributed by atoms with E-state index in [1.54, 1.807) is 20.3 Å². The number of aromatic nitrogens is 1. The number of aryl methyl sites for hydroxylation is 1. The molecule has 2 rings (SSSR count). The summed E-state index contributed by atoms with van der Waals surface area (Å²) in [6, 6.07) is 1.86. The van der Waals surface area contributed by atoms with Crippen LogP contribution in [0.3, 0.4) is 0 Å². The zero-order valence-corrected chi connectivity index (χ0v) is 13.1. The number of nitrogens with two attached hydrogens (primary N) is 1. The van der Waals surface area contributed by atoms with Gasteiger partial charge in [-0.05, 0) is 18.6 Å². The van der Waals surface area contributed by atoms with Crippen molar-refractivity contribution >= 4 is 39.1 Å². The normalized spacial score (nSPS) is 10.6. The van der Waals surface area contributed by atoms with E-state index in [0.29, 0.717) is 10.6 Å². The number of hydrogen-bond donors (Lipinski definition) is 2. The number of nitrogens with one attached hydrogen (secondary N) is 1. The maximum Gasteiger partial charge on any atom is 0.263 e. The summed E-state index contributed by atoms with van der Waals surface area (Å²) in [6.07, 6.45) is 1.96. The summed E-state index contributed by atoms with van der Waals surface area (Å²) >= 11 is 1.27. The molecule has 112 valence electrons. The van der Waals surface area contributed by atoms with Crippen LogP contribution >= 0.6 is 11.3 Å². The molecule has 0 saturated carbocycles. The fraction of sp³-hybridized carbons (Fsp3) is 0.357. The van der Waals surface area contributed by atoms with E-state index in [4.69, 9.17) is 5.73 Å². The predicted octanol–water partition coefficient (Wildman–Crippen LogP) is 1.40. The summed E-state index contributed by atoms with van der Waals surface area (Å²) in [5.74, 6) is -0.293. The highest BCUT2D eigenvalue weighted by atomic mass is 32.1. The molecule has 0 bridgehead atoms.